The van der Waals surface area contributed by atoms with Crippen molar-refractivity contribution in [2.45, 2.75) is 56.9 Å². The molecule has 2 saturated heterocycles. The Hall–Kier alpha value is -2.30. The summed E-state index contributed by atoms with van der Waals surface area (Å²) in [5, 5.41) is 21.6. The Bertz CT molecular complexity index is 872. The Balaban J connectivity index is 1.40. The molecule has 0 saturated carbocycles. The second-order valence-electron chi connectivity index (χ2n) is 8.44. The number of carbonyl (C=O) groups excluding carboxylic acids is 1. The molecule has 4 heterocycles. The molecular formula is C19H28N6O4. The molecule has 10 nitrogen and oxygen atoms in total. The molecule has 2 fully saturated rings. The number of aromatic nitrogens is 4. The summed E-state index contributed by atoms with van der Waals surface area (Å²) in [6.45, 7) is 6.21. The summed E-state index contributed by atoms with van der Waals surface area (Å²) >= 11 is 0. The van der Waals surface area contributed by atoms with Gasteiger partial charge in [0, 0.05) is 33.5 Å². The van der Waals surface area contributed by atoms with Gasteiger partial charge in [0.1, 0.15) is 24.5 Å². The van der Waals surface area contributed by atoms with Gasteiger partial charge >= 0.3 is 0 Å². The van der Waals surface area contributed by atoms with Gasteiger partial charge in [0.15, 0.2) is 11.6 Å². The number of aryl methyl sites for hydroxylation is 2. The molecule has 158 valence electrons. The third-order valence-electron chi connectivity index (χ3n) is 6.16. The van der Waals surface area contributed by atoms with Crippen LogP contribution in [0.15, 0.2) is 17.0 Å². The second kappa shape index (κ2) is 7.51. The molecular weight excluding hydrogens is 376 g/mol. The number of aliphatic hydroxyl groups excluding tert-OH is 1. The van der Waals surface area contributed by atoms with Gasteiger partial charge in [-0.1, -0.05) is 0 Å². The van der Waals surface area contributed by atoms with E-state index in [2.05, 4.69) is 25.4 Å². The number of carbonyl (C=O) groups is 1. The van der Waals surface area contributed by atoms with Crippen LogP contribution < -0.4 is 5.32 Å². The normalized spacial score (nSPS) is 27.2. The van der Waals surface area contributed by atoms with E-state index >= 15 is 0 Å². The van der Waals surface area contributed by atoms with E-state index in [0.717, 1.165) is 38.3 Å². The lowest BCUT2D eigenvalue weighted by atomic mass is 9.74. The van der Waals surface area contributed by atoms with Crippen molar-refractivity contribution in [3.8, 4) is 0 Å². The Morgan fingerprint density at radius 2 is 2.17 bits per heavy atom. The van der Waals surface area contributed by atoms with E-state index in [9.17, 15) is 9.90 Å². The van der Waals surface area contributed by atoms with Crippen LogP contribution in [0.25, 0.3) is 0 Å². The number of amides is 1. The Labute approximate surface area is 169 Å². The highest BCUT2D eigenvalue weighted by molar-refractivity contribution is 5.92. The highest BCUT2D eigenvalue weighted by Gasteiger charge is 2.50. The molecule has 1 amide bonds. The molecule has 2 aliphatic rings. The number of oxazole rings is 1. The van der Waals surface area contributed by atoms with Crippen LogP contribution in [0.3, 0.4) is 0 Å². The minimum atomic E-state index is -0.798. The third kappa shape index (κ3) is 4.05. The van der Waals surface area contributed by atoms with E-state index in [1.807, 2.05) is 18.5 Å². The van der Waals surface area contributed by atoms with Crippen LogP contribution in [-0.2, 0) is 18.3 Å². The molecule has 2 aromatic heterocycles. The molecule has 29 heavy (non-hydrogen) atoms. The van der Waals surface area contributed by atoms with Crippen LogP contribution in [0.4, 0.5) is 0 Å². The van der Waals surface area contributed by atoms with Crippen LogP contribution in [0.5, 0.6) is 0 Å². The lowest BCUT2D eigenvalue weighted by Gasteiger charge is -2.51. The minimum absolute atomic E-state index is 0.192. The predicted octanol–water partition coefficient (Wildman–Crippen LogP) is 0.416. The van der Waals surface area contributed by atoms with E-state index in [4.69, 9.17) is 9.15 Å². The van der Waals surface area contributed by atoms with Crippen molar-refractivity contribution < 1.29 is 19.1 Å². The average molecular weight is 404 g/mol. The maximum absolute atomic E-state index is 12.6. The van der Waals surface area contributed by atoms with Crippen LogP contribution in [0.2, 0.25) is 0 Å². The third-order valence-corrected chi connectivity index (χ3v) is 6.16. The van der Waals surface area contributed by atoms with Gasteiger partial charge in [0.2, 0.25) is 0 Å². The van der Waals surface area contributed by atoms with Gasteiger partial charge in [-0.3, -0.25) is 9.69 Å². The number of hydrogen-bond donors (Lipinski definition) is 2. The van der Waals surface area contributed by atoms with Gasteiger partial charge in [0.25, 0.3) is 5.91 Å². The topological polar surface area (TPSA) is 119 Å². The molecule has 2 aliphatic heterocycles. The van der Waals surface area contributed by atoms with Crippen LogP contribution >= 0.6 is 0 Å². The Morgan fingerprint density at radius 3 is 2.79 bits per heavy atom. The number of rotatable bonds is 4. The Kier molecular flexibility index (Phi) is 5.18. The van der Waals surface area contributed by atoms with Crippen LogP contribution in [-0.4, -0.2) is 72.6 Å². The summed E-state index contributed by atoms with van der Waals surface area (Å²) in [7, 11) is 1.94. The largest absolute Gasteiger partial charge is 0.448 e. The molecule has 0 aromatic carbocycles. The molecule has 0 bridgehead atoms. The summed E-state index contributed by atoms with van der Waals surface area (Å²) in [6.07, 6.45) is 4.44. The zero-order valence-electron chi connectivity index (χ0n) is 17.1. The van der Waals surface area contributed by atoms with Gasteiger partial charge in [0.05, 0.1) is 24.3 Å². The summed E-state index contributed by atoms with van der Waals surface area (Å²) in [4.78, 5) is 19.0. The van der Waals surface area contributed by atoms with Gasteiger partial charge in [-0.2, -0.15) is 0 Å². The molecule has 1 spiro atoms. The number of piperidine rings is 1. The fourth-order valence-corrected chi connectivity index (χ4v) is 4.29. The predicted molar refractivity (Wildman–Crippen MR) is 102 cm³/mol. The molecule has 2 atom stereocenters. The fraction of sp³-hybridized carbons (Fsp3) is 0.684. The van der Waals surface area contributed by atoms with Gasteiger partial charge in [-0.05, 0) is 19.8 Å². The quantitative estimate of drug-likeness (QED) is 0.752. The van der Waals surface area contributed by atoms with Gasteiger partial charge in [-0.15, -0.1) is 10.2 Å². The number of nitrogens with one attached hydrogen (secondary N) is 1. The highest BCUT2D eigenvalue weighted by Crippen LogP contribution is 2.40. The number of hydrogen-bond acceptors (Lipinski definition) is 8. The number of likely N-dealkylation sites (tertiary alicyclic amines) is 1. The highest BCUT2D eigenvalue weighted by atomic mass is 16.5. The monoisotopic (exact) mass is 404 g/mol. The summed E-state index contributed by atoms with van der Waals surface area (Å²) in [5.41, 5.74) is -0.944. The van der Waals surface area contributed by atoms with Crippen molar-refractivity contribution in [3.05, 3.63) is 30.0 Å². The molecule has 0 radical (unpaired) electrons. The van der Waals surface area contributed by atoms with E-state index < -0.39 is 11.6 Å². The molecule has 10 heteroatoms. The van der Waals surface area contributed by atoms with Crippen molar-refractivity contribution in [1.82, 2.24) is 30.0 Å². The van der Waals surface area contributed by atoms with E-state index in [0.29, 0.717) is 12.3 Å². The summed E-state index contributed by atoms with van der Waals surface area (Å²) in [5.74, 6) is 1.01. The molecule has 4 rings (SSSR count). The molecule has 2 N–H and O–H groups in total. The Morgan fingerprint density at radius 1 is 1.41 bits per heavy atom. The first kappa shape index (κ1) is 20.0. The van der Waals surface area contributed by atoms with E-state index in [1.54, 1.807) is 13.3 Å². The van der Waals surface area contributed by atoms with Crippen molar-refractivity contribution in [1.29, 1.82) is 0 Å². The molecule has 2 aromatic rings. The van der Waals surface area contributed by atoms with Crippen molar-refractivity contribution in [3.63, 3.8) is 0 Å². The van der Waals surface area contributed by atoms with Gasteiger partial charge in [-0.25, -0.2) is 4.98 Å². The standard InChI is InChI=1S/C19H28N6O4/c1-13-21-14(9-28-13)17(27)22-18(2)11-19(29-10-15(18)26)4-6-25(7-5-19)8-16-23-20-12-24(16)3/h9,12,15,26H,4-8,10-11H2,1-3H3,(H,22,27)/t15-,18-/m1/s1. The summed E-state index contributed by atoms with van der Waals surface area (Å²) < 4.78 is 13.2. The van der Waals surface area contributed by atoms with Crippen LogP contribution in [0.1, 0.15) is 48.4 Å². The van der Waals surface area contributed by atoms with Crippen molar-refractivity contribution >= 4 is 5.91 Å². The molecule has 0 unspecified atom stereocenters. The number of nitrogens with zero attached hydrogens (tertiary/aromatic N) is 5. The first-order chi connectivity index (χ1) is 13.8. The average Bonchev–Trinajstić information content (AvgIpc) is 3.29. The van der Waals surface area contributed by atoms with Crippen molar-refractivity contribution in [2.24, 2.45) is 7.05 Å². The number of ether oxygens (including phenoxy) is 1. The van der Waals surface area contributed by atoms with Gasteiger partial charge < -0.3 is 24.1 Å². The van der Waals surface area contributed by atoms with E-state index in [1.165, 1.54) is 6.26 Å². The van der Waals surface area contributed by atoms with Crippen molar-refractivity contribution in [2.75, 3.05) is 19.7 Å². The summed E-state index contributed by atoms with van der Waals surface area (Å²) in [6, 6.07) is 0. The number of aliphatic hydroxyl groups is 1. The van der Waals surface area contributed by atoms with Crippen LogP contribution in [0, 0.1) is 6.92 Å². The first-order valence-electron chi connectivity index (χ1n) is 9.91. The van der Waals surface area contributed by atoms with E-state index in [-0.39, 0.29) is 23.8 Å². The second-order valence-corrected chi connectivity index (χ2v) is 8.44. The molecule has 0 aliphatic carbocycles. The lowest BCUT2D eigenvalue weighted by molar-refractivity contribution is -0.177. The fourth-order valence-electron chi connectivity index (χ4n) is 4.29. The zero-order valence-corrected chi connectivity index (χ0v) is 17.1. The lowest BCUT2D eigenvalue weighted by Crippen LogP contribution is -2.65. The smallest absolute Gasteiger partial charge is 0.273 e. The SMILES string of the molecule is Cc1nc(C(=O)N[C@]2(C)CC3(CCN(Cc4nncn4C)CC3)OC[C@H]2O)co1. The zero-order chi connectivity index (χ0) is 20.6. The maximum Gasteiger partial charge on any atom is 0.273 e. The maximum atomic E-state index is 12.6. The first-order valence-corrected chi connectivity index (χ1v) is 9.91. The minimum Gasteiger partial charge on any atom is -0.448 e.